The fraction of sp³-hybridized carbons (Fsp3) is 0.278. The minimum atomic E-state index is -1.26. The predicted molar refractivity (Wildman–Crippen MR) is 92.0 cm³/mol. The van der Waals surface area contributed by atoms with Gasteiger partial charge < -0.3 is 15.5 Å². The van der Waals surface area contributed by atoms with E-state index in [4.69, 9.17) is 10.2 Å². The number of fused-ring (bicyclic) bond motifs is 1. The van der Waals surface area contributed by atoms with Crippen molar-refractivity contribution < 1.29 is 24.2 Å². The lowest BCUT2D eigenvalue weighted by molar-refractivity contribution is -0.134. The molecule has 7 heteroatoms. The van der Waals surface area contributed by atoms with Gasteiger partial charge in [-0.2, -0.15) is 0 Å². The molecule has 0 fully saturated rings. The van der Waals surface area contributed by atoms with E-state index in [2.05, 4.69) is 10.3 Å². The molecule has 25 heavy (non-hydrogen) atoms. The number of hydrogen-bond acceptors (Lipinski definition) is 4. The first kappa shape index (κ1) is 18.4. The van der Waals surface area contributed by atoms with Crippen LogP contribution in [0.3, 0.4) is 0 Å². The van der Waals surface area contributed by atoms with E-state index in [1.165, 1.54) is 11.6 Å². The van der Waals surface area contributed by atoms with Crippen LogP contribution in [0.15, 0.2) is 40.9 Å². The van der Waals surface area contributed by atoms with E-state index in [0.29, 0.717) is 18.2 Å². The number of halogens is 1. The number of carboxylic acids is 2. The van der Waals surface area contributed by atoms with E-state index in [-0.39, 0.29) is 5.82 Å². The Labute approximate surface area is 144 Å². The second-order valence-corrected chi connectivity index (χ2v) is 5.67. The maximum Gasteiger partial charge on any atom is 0.328 e. The van der Waals surface area contributed by atoms with Gasteiger partial charge in [0.1, 0.15) is 5.82 Å². The second-order valence-electron chi connectivity index (χ2n) is 5.67. The van der Waals surface area contributed by atoms with Crippen LogP contribution in [0.1, 0.15) is 24.0 Å². The normalized spacial score (nSPS) is 18.0. The molecule has 1 atom stereocenters. The van der Waals surface area contributed by atoms with Gasteiger partial charge in [-0.15, -0.1) is 0 Å². The molecule has 1 aromatic carbocycles. The fourth-order valence-electron chi connectivity index (χ4n) is 2.66. The van der Waals surface area contributed by atoms with E-state index >= 15 is 0 Å². The van der Waals surface area contributed by atoms with E-state index < -0.39 is 11.9 Å². The molecule has 132 valence electrons. The number of aryl methyl sites for hydroxylation is 1. The third-order valence-corrected chi connectivity index (χ3v) is 3.80. The van der Waals surface area contributed by atoms with Gasteiger partial charge in [0.05, 0.1) is 12.4 Å². The maximum absolute atomic E-state index is 13.7. The van der Waals surface area contributed by atoms with Crippen LogP contribution >= 0.6 is 0 Å². The molecule has 1 aliphatic heterocycles. The minimum absolute atomic E-state index is 0.104. The van der Waals surface area contributed by atoms with Crippen LogP contribution in [-0.4, -0.2) is 41.1 Å². The molecule has 1 aromatic rings. The van der Waals surface area contributed by atoms with Crippen molar-refractivity contribution in [2.45, 2.75) is 25.3 Å². The maximum atomic E-state index is 13.7. The number of carboxylic acid groups (broad SMARTS) is 2. The van der Waals surface area contributed by atoms with Crippen LogP contribution in [0.25, 0.3) is 6.08 Å². The number of nitrogens with zero attached hydrogens (tertiary/aromatic N) is 1. The summed E-state index contributed by atoms with van der Waals surface area (Å²) in [7, 11) is 0. The van der Waals surface area contributed by atoms with Gasteiger partial charge in [-0.3, -0.25) is 4.99 Å². The molecular formula is C18H19FN2O4. The van der Waals surface area contributed by atoms with Gasteiger partial charge >= 0.3 is 11.9 Å². The number of aliphatic carboxylic acids is 2. The Kier molecular flexibility index (Phi) is 6.45. The largest absolute Gasteiger partial charge is 0.478 e. The molecular weight excluding hydrogens is 327 g/mol. The molecule has 0 radical (unpaired) electrons. The molecule has 3 rings (SSSR count). The summed E-state index contributed by atoms with van der Waals surface area (Å²) in [5.74, 6) is -2.62. The van der Waals surface area contributed by atoms with Crippen molar-refractivity contribution >= 4 is 24.4 Å². The van der Waals surface area contributed by atoms with Crippen molar-refractivity contribution in [3.05, 3.63) is 52.9 Å². The molecule has 0 bridgehead atoms. The van der Waals surface area contributed by atoms with Crippen molar-refractivity contribution in [2.24, 2.45) is 4.99 Å². The van der Waals surface area contributed by atoms with Crippen LogP contribution in [0.2, 0.25) is 0 Å². The lowest BCUT2D eigenvalue weighted by atomic mass is 9.89. The monoisotopic (exact) mass is 346 g/mol. The van der Waals surface area contributed by atoms with E-state index in [1.54, 1.807) is 12.4 Å². The molecule has 1 aliphatic carbocycles. The molecule has 0 saturated heterocycles. The molecule has 0 aromatic heterocycles. The van der Waals surface area contributed by atoms with Crippen molar-refractivity contribution in [2.75, 3.05) is 6.54 Å². The average molecular weight is 346 g/mol. The van der Waals surface area contributed by atoms with Crippen LogP contribution in [0.4, 0.5) is 4.39 Å². The Morgan fingerprint density at radius 1 is 1.24 bits per heavy atom. The molecule has 3 N–H and O–H groups in total. The summed E-state index contributed by atoms with van der Waals surface area (Å²) in [6, 6.07) is 5.67. The quantitative estimate of drug-likeness (QED) is 0.726. The molecule has 1 heterocycles. The average Bonchev–Trinajstić information content (AvgIpc) is 3.07. The van der Waals surface area contributed by atoms with Gasteiger partial charge in [0.25, 0.3) is 0 Å². The topological polar surface area (TPSA) is 99.0 Å². The second kappa shape index (κ2) is 8.77. The Balaban J connectivity index is 0.000000242. The highest BCUT2D eigenvalue weighted by Gasteiger charge is 2.17. The SMILES string of the molecule is Fc1cccc2c1C=C(CC1CNC=N1)CC2.O=C(O)/C=C/C(=O)O. The molecule has 6 nitrogen and oxygen atoms in total. The zero-order chi connectivity index (χ0) is 18.2. The standard InChI is InChI=1S/C14H15FN2.C4H4O4/c15-14-3-1-2-11-5-4-10(7-13(11)14)6-12-8-16-9-17-12;5-3(6)1-2-4(7)8/h1-3,7,9,12H,4-6,8H2,(H,16,17);1-2H,(H,5,6)(H,7,8)/b;2-1+. The number of carbonyl (C=O) groups is 2. The van der Waals surface area contributed by atoms with Gasteiger partial charge in [-0.1, -0.05) is 23.8 Å². The first-order valence-corrected chi connectivity index (χ1v) is 7.81. The van der Waals surface area contributed by atoms with Gasteiger partial charge in [-0.25, -0.2) is 14.0 Å². The van der Waals surface area contributed by atoms with E-state index in [9.17, 15) is 14.0 Å². The highest BCUT2D eigenvalue weighted by Crippen LogP contribution is 2.28. The molecule has 0 saturated carbocycles. The summed E-state index contributed by atoms with van der Waals surface area (Å²) in [6.45, 7) is 0.904. The summed E-state index contributed by atoms with van der Waals surface area (Å²) in [5, 5.41) is 18.7. The minimum Gasteiger partial charge on any atom is -0.478 e. The first-order valence-electron chi connectivity index (χ1n) is 7.81. The number of benzene rings is 1. The van der Waals surface area contributed by atoms with Crippen LogP contribution < -0.4 is 5.32 Å². The molecule has 0 spiro atoms. The van der Waals surface area contributed by atoms with E-state index in [1.807, 2.05) is 12.1 Å². The molecule has 2 aliphatic rings. The number of rotatable bonds is 4. The van der Waals surface area contributed by atoms with Crippen LogP contribution in [-0.2, 0) is 16.0 Å². The molecule has 0 amide bonds. The van der Waals surface area contributed by atoms with Gasteiger partial charge in [0, 0.05) is 24.3 Å². The zero-order valence-corrected chi connectivity index (χ0v) is 13.5. The summed E-state index contributed by atoms with van der Waals surface area (Å²) < 4.78 is 13.7. The van der Waals surface area contributed by atoms with Crippen molar-refractivity contribution in [1.29, 1.82) is 0 Å². The first-order chi connectivity index (χ1) is 12.0. The van der Waals surface area contributed by atoms with Crippen LogP contribution in [0.5, 0.6) is 0 Å². The Bertz CT molecular complexity index is 725. The summed E-state index contributed by atoms with van der Waals surface area (Å²) >= 11 is 0. The number of aliphatic imine (C=N–C) groups is 1. The predicted octanol–water partition coefficient (Wildman–Crippen LogP) is 2.26. The highest BCUT2D eigenvalue weighted by atomic mass is 19.1. The lowest BCUT2D eigenvalue weighted by Crippen LogP contribution is -2.16. The smallest absolute Gasteiger partial charge is 0.328 e. The van der Waals surface area contributed by atoms with E-state index in [0.717, 1.165) is 36.9 Å². The highest BCUT2D eigenvalue weighted by molar-refractivity contribution is 5.89. The third-order valence-electron chi connectivity index (χ3n) is 3.80. The Hall–Kier alpha value is -2.96. The van der Waals surface area contributed by atoms with Crippen molar-refractivity contribution in [3.8, 4) is 0 Å². The van der Waals surface area contributed by atoms with Crippen LogP contribution in [0, 0.1) is 5.82 Å². The zero-order valence-electron chi connectivity index (χ0n) is 13.5. The summed E-state index contributed by atoms with van der Waals surface area (Å²) in [6.07, 6.45) is 7.82. The summed E-state index contributed by atoms with van der Waals surface area (Å²) in [4.78, 5) is 23.4. The molecule has 1 unspecified atom stereocenters. The Morgan fingerprint density at radius 2 is 1.96 bits per heavy atom. The van der Waals surface area contributed by atoms with Gasteiger partial charge in [0.2, 0.25) is 0 Å². The van der Waals surface area contributed by atoms with Crippen molar-refractivity contribution in [1.82, 2.24) is 5.32 Å². The Morgan fingerprint density at radius 3 is 2.56 bits per heavy atom. The summed E-state index contributed by atoms with van der Waals surface area (Å²) in [5.41, 5.74) is 3.22. The number of nitrogens with one attached hydrogen (secondary N) is 1. The fourth-order valence-corrected chi connectivity index (χ4v) is 2.66. The van der Waals surface area contributed by atoms with Crippen molar-refractivity contribution in [3.63, 3.8) is 0 Å². The lowest BCUT2D eigenvalue weighted by Gasteiger charge is -2.18. The third kappa shape index (κ3) is 5.87. The van der Waals surface area contributed by atoms with Gasteiger partial charge in [-0.05, 0) is 30.9 Å². The number of hydrogen-bond donors (Lipinski definition) is 3. The van der Waals surface area contributed by atoms with Gasteiger partial charge in [0.15, 0.2) is 0 Å².